The molecule has 1 aliphatic rings. The number of nitrogens with one attached hydrogen (secondary N) is 1. The van der Waals surface area contributed by atoms with E-state index in [-0.39, 0.29) is 5.91 Å². The lowest BCUT2D eigenvalue weighted by Gasteiger charge is -2.21. The monoisotopic (exact) mass is 477 g/mol. The average molecular weight is 478 g/mol. The van der Waals surface area contributed by atoms with Crippen LogP contribution in [0.4, 0.5) is 5.95 Å². The van der Waals surface area contributed by atoms with Crippen LogP contribution in [0.5, 0.6) is 11.5 Å². The molecule has 1 amide bonds. The highest BCUT2D eigenvalue weighted by atomic mass is 32.1. The Morgan fingerprint density at radius 3 is 2.71 bits per heavy atom. The van der Waals surface area contributed by atoms with Crippen LogP contribution in [-0.2, 0) is 11.2 Å². The zero-order chi connectivity index (χ0) is 23.5. The Morgan fingerprint density at radius 1 is 1.03 bits per heavy atom. The second-order valence-electron chi connectivity index (χ2n) is 8.19. The van der Waals surface area contributed by atoms with Crippen LogP contribution in [-0.4, -0.2) is 66.2 Å². The number of ether oxygens (including phenoxy) is 2. The number of amides is 1. The number of nitrogens with zero attached hydrogens (tertiary/aromatic N) is 4. The lowest BCUT2D eigenvalue weighted by molar-refractivity contribution is -0.130. The molecule has 5 rings (SSSR count). The zero-order valence-electron chi connectivity index (χ0n) is 19.3. The summed E-state index contributed by atoms with van der Waals surface area (Å²) in [5.74, 6) is 2.31. The number of benzene rings is 2. The first kappa shape index (κ1) is 22.2. The molecule has 4 aromatic rings. The molecule has 2 aromatic carbocycles. The number of anilines is 1. The molecule has 0 radical (unpaired) electrons. The molecule has 176 valence electrons. The number of thiazole rings is 1. The maximum Gasteiger partial charge on any atom is 0.228 e. The number of carbonyl (C=O) groups is 1. The fourth-order valence-electron chi connectivity index (χ4n) is 4.22. The quantitative estimate of drug-likeness (QED) is 0.452. The number of methoxy groups -OCH3 is 2. The minimum atomic E-state index is 0.107. The van der Waals surface area contributed by atoms with Crippen molar-refractivity contribution in [3.05, 3.63) is 53.5 Å². The molecule has 3 heterocycles. The van der Waals surface area contributed by atoms with Gasteiger partial charge in [-0.05, 0) is 36.8 Å². The van der Waals surface area contributed by atoms with Crippen LogP contribution in [0.25, 0.3) is 21.6 Å². The predicted octanol–water partition coefficient (Wildman–Crippen LogP) is 3.99. The SMILES string of the molecule is COc1ccc(-c2nc(CC(=O)N3CCCN(c4nc5ccccc5[nH]4)CC3)cs2)cc1OC. The van der Waals surface area contributed by atoms with Gasteiger partial charge in [-0.1, -0.05) is 12.1 Å². The molecule has 0 bridgehead atoms. The van der Waals surface area contributed by atoms with Gasteiger partial charge in [0.15, 0.2) is 11.5 Å². The van der Waals surface area contributed by atoms with E-state index < -0.39 is 0 Å². The summed E-state index contributed by atoms with van der Waals surface area (Å²) in [6.45, 7) is 3.02. The fraction of sp³-hybridized carbons (Fsp3) is 0.320. The van der Waals surface area contributed by atoms with Gasteiger partial charge in [-0.3, -0.25) is 4.79 Å². The van der Waals surface area contributed by atoms with Crippen LogP contribution in [0.3, 0.4) is 0 Å². The molecular weight excluding hydrogens is 450 g/mol. The second-order valence-corrected chi connectivity index (χ2v) is 9.05. The number of H-pyrrole nitrogens is 1. The molecule has 8 nitrogen and oxygen atoms in total. The Balaban J connectivity index is 1.22. The van der Waals surface area contributed by atoms with Crippen LogP contribution in [0.1, 0.15) is 12.1 Å². The summed E-state index contributed by atoms with van der Waals surface area (Å²) >= 11 is 1.53. The highest BCUT2D eigenvalue weighted by Gasteiger charge is 2.22. The van der Waals surface area contributed by atoms with Gasteiger partial charge in [0.2, 0.25) is 11.9 Å². The Bertz CT molecular complexity index is 1270. The number of para-hydroxylation sites is 2. The number of aromatic nitrogens is 3. The molecule has 0 saturated carbocycles. The van der Waals surface area contributed by atoms with Gasteiger partial charge in [0.1, 0.15) is 5.01 Å². The van der Waals surface area contributed by atoms with Crippen LogP contribution in [0, 0.1) is 0 Å². The molecule has 0 unspecified atom stereocenters. The van der Waals surface area contributed by atoms with Gasteiger partial charge in [-0.15, -0.1) is 11.3 Å². The van der Waals surface area contributed by atoms with Crippen molar-refractivity contribution in [1.82, 2.24) is 19.9 Å². The van der Waals surface area contributed by atoms with Gasteiger partial charge >= 0.3 is 0 Å². The minimum absolute atomic E-state index is 0.107. The van der Waals surface area contributed by atoms with Crippen molar-refractivity contribution >= 4 is 34.2 Å². The number of carbonyl (C=O) groups excluding carboxylic acids is 1. The van der Waals surface area contributed by atoms with Gasteiger partial charge in [0.25, 0.3) is 0 Å². The predicted molar refractivity (Wildman–Crippen MR) is 134 cm³/mol. The molecule has 1 N–H and O–H groups in total. The lowest BCUT2D eigenvalue weighted by atomic mass is 10.2. The number of hydrogen-bond acceptors (Lipinski definition) is 7. The van der Waals surface area contributed by atoms with Gasteiger partial charge in [-0.2, -0.15) is 0 Å². The summed E-state index contributed by atoms with van der Waals surface area (Å²) in [7, 11) is 3.23. The highest BCUT2D eigenvalue weighted by molar-refractivity contribution is 7.13. The Hall–Kier alpha value is -3.59. The van der Waals surface area contributed by atoms with Crippen LogP contribution in [0.2, 0.25) is 0 Å². The molecular formula is C25H27N5O3S. The average Bonchev–Trinajstić information content (AvgIpc) is 3.43. The van der Waals surface area contributed by atoms with Gasteiger partial charge in [0.05, 0.1) is 37.4 Å². The third kappa shape index (κ3) is 4.56. The van der Waals surface area contributed by atoms with E-state index in [0.717, 1.165) is 59.3 Å². The van der Waals surface area contributed by atoms with Crippen molar-refractivity contribution in [3.8, 4) is 22.1 Å². The van der Waals surface area contributed by atoms with Gasteiger partial charge in [0, 0.05) is 37.1 Å². The van der Waals surface area contributed by atoms with Crippen molar-refractivity contribution in [2.24, 2.45) is 0 Å². The smallest absolute Gasteiger partial charge is 0.228 e. The summed E-state index contributed by atoms with van der Waals surface area (Å²) in [5.41, 5.74) is 3.72. The molecule has 9 heteroatoms. The number of hydrogen-bond donors (Lipinski definition) is 1. The number of imidazole rings is 1. The van der Waals surface area contributed by atoms with Gasteiger partial charge < -0.3 is 24.3 Å². The molecule has 0 spiro atoms. The highest BCUT2D eigenvalue weighted by Crippen LogP contribution is 2.33. The third-order valence-corrected chi connectivity index (χ3v) is 6.98. The minimum Gasteiger partial charge on any atom is -0.493 e. The van der Waals surface area contributed by atoms with Crippen molar-refractivity contribution in [3.63, 3.8) is 0 Å². The van der Waals surface area contributed by atoms with Gasteiger partial charge in [-0.25, -0.2) is 9.97 Å². The summed E-state index contributed by atoms with van der Waals surface area (Å²) < 4.78 is 10.7. The van der Waals surface area contributed by atoms with Crippen LogP contribution >= 0.6 is 11.3 Å². The standard InChI is InChI=1S/C25H27N5O3S/c1-32-21-9-8-17(14-22(21)33-2)24-26-18(16-34-24)15-23(31)29-10-5-11-30(13-12-29)25-27-19-6-3-4-7-20(19)28-25/h3-4,6-9,14,16H,5,10-13,15H2,1-2H3,(H,27,28). The lowest BCUT2D eigenvalue weighted by Crippen LogP contribution is -2.36. The maximum atomic E-state index is 13.0. The van der Waals surface area contributed by atoms with Crippen molar-refractivity contribution in [2.75, 3.05) is 45.3 Å². The topological polar surface area (TPSA) is 83.6 Å². The number of aromatic amines is 1. The van der Waals surface area contributed by atoms with E-state index in [1.54, 1.807) is 14.2 Å². The normalized spacial score (nSPS) is 14.3. The third-order valence-electron chi connectivity index (χ3n) is 6.04. The molecule has 1 fully saturated rings. The van der Waals surface area contributed by atoms with Crippen molar-refractivity contribution < 1.29 is 14.3 Å². The summed E-state index contributed by atoms with van der Waals surface area (Å²) in [4.78, 5) is 30.0. The summed E-state index contributed by atoms with van der Waals surface area (Å²) in [6.07, 6.45) is 1.20. The van der Waals surface area contributed by atoms with E-state index in [1.807, 2.05) is 52.7 Å². The second kappa shape index (κ2) is 9.72. The van der Waals surface area contributed by atoms with E-state index in [9.17, 15) is 4.79 Å². The number of rotatable bonds is 6. The van der Waals surface area contributed by atoms with Crippen molar-refractivity contribution in [2.45, 2.75) is 12.8 Å². The van der Waals surface area contributed by atoms with E-state index >= 15 is 0 Å². The first-order valence-corrected chi connectivity index (χ1v) is 12.2. The summed E-state index contributed by atoms with van der Waals surface area (Å²) in [5, 5.41) is 2.82. The van der Waals surface area contributed by atoms with E-state index in [0.29, 0.717) is 24.5 Å². The molecule has 1 saturated heterocycles. The Labute approximate surface area is 202 Å². The van der Waals surface area contributed by atoms with E-state index in [4.69, 9.17) is 19.4 Å². The molecule has 1 aliphatic heterocycles. The Morgan fingerprint density at radius 2 is 1.88 bits per heavy atom. The van der Waals surface area contributed by atoms with E-state index in [2.05, 4.69) is 9.88 Å². The largest absolute Gasteiger partial charge is 0.493 e. The first-order chi connectivity index (χ1) is 16.6. The first-order valence-electron chi connectivity index (χ1n) is 11.3. The maximum absolute atomic E-state index is 13.0. The fourth-order valence-corrected chi connectivity index (χ4v) is 5.04. The van der Waals surface area contributed by atoms with E-state index in [1.165, 1.54) is 11.3 Å². The molecule has 0 aliphatic carbocycles. The van der Waals surface area contributed by atoms with Crippen LogP contribution < -0.4 is 14.4 Å². The summed E-state index contributed by atoms with van der Waals surface area (Å²) in [6, 6.07) is 13.8. The molecule has 2 aromatic heterocycles. The zero-order valence-corrected chi connectivity index (χ0v) is 20.1. The van der Waals surface area contributed by atoms with Crippen LogP contribution in [0.15, 0.2) is 47.8 Å². The molecule has 0 atom stereocenters. The van der Waals surface area contributed by atoms with Crippen molar-refractivity contribution in [1.29, 1.82) is 0 Å². The Kier molecular flexibility index (Phi) is 6.35. The molecule has 34 heavy (non-hydrogen) atoms. The number of fused-ring (bicyclic) bond motifs is 1.